The Morgan fingerprint density at radius 2 is 2.09 bits per heavy atom. The largest absolute Gasteiger partial charge is 0.480 e. The number of aromatic amines is 1. The van der Waals surface area contributed by atoms with Crippen LogP contribution in [0, 0.1) is 0 Å². The van der Waals surface area contributed by atoms with Crippen molar-refractivity contribution >= 4 is 22.8 Å². The van der Waals surface area contributed by atoms with E-state index in [9.17, 15) is 14.4 Å². The predicted octanol–water partition coefficient (Wildman–Crippen LogP) is 1.15. The highest BCUT2D eigenvalue weighted by atomic mass is 16.4. The van der Waals surface area contributed by atoms with Gasteiger partial charge in [-0.3, -0.25) is 9.59 Å². The second-order valence-corrected chi connectivity index (χ2v) is 5.47. The highest BCUT2D eigenvalue weighted by Gasteiger charge is 2.33. The van der Waals surface area contributed by atoms with Gasteiger partial charge < -0.3 is 15.0 Å². The van der Waals surface area contributed by atoms with Crippen LogP contribution in [0.3, 0.4) is 0 Å². The number of nitrogens with zero attached hydrogens (tertiary/aromatic N) is 1. The first-order valence-electron chi connectivity index (χ1n) is 7.19. The summed E-state index contributed by atoms with van der Waals surface area (Å²) >= 11 is 0. The second kappa shape index (κ2) is 5.63. The first-order chi connectivity index (χ1) is 10.6. The Balaban J connectivity index is 1.86. The molecule has 1 aromatic heterocycles. The molecule has 2 heterocycles. The summed E-state index contributed by atoms with van der Waals surface area (Å²) in [6, 6.07) is 8.25. The molecule has 114 valence electrons. The van der Waals surface area contributed by atoms with Gasteiger partial charge in [0, 0.05) is 17.6 Å². The third kappa shape index (κ3) is 2.59. The lowest BCUT2D eigenvalue weighted by Gasteiger charge is -2.21. The van der Waals surface area contributed by atoms with Crippen molar-refractivity contribution in [2.45, 2.75) is 25.3 Å². The predicted molar refractivity (Wildman–Crippen MR) is 80.6 cm³/mol. The van der Waals surface area contributed by atoms with Crippen LogP contribution >= 0.6 is 0 Å². The number of aliphatic carboxylic acids is 1. The maximum Gasteiger partial charge on any atom is 0.326 e. The van der Waals surface area contributed by atoms with Crippen molar-refractivity contribution in [3.63, 3.8) is 0 Å². The van der Waals surface area contributed by atoms with Crippen LogP contribution in [-0.2, 0) is 16.0 Å². The summed E-state index contributed by atoms with van der Waals surface area (Å²) in [6.45, 7) is 0.432. The van der Waals surface area contributed by atoms with E-state index in [4.69, 9.17) is 5.11 Å². The molecular weight excluding hydrogens is 284 g/mol. The molecule has 0 bridgehead atoms. The number of benzene rings is 1. The number of carboxylic acids is 1. The number of carbonyl (C=O) groups excluding carboxylic acids is 1. The highest BCUT2D eigenvalue weighted by Crippen LogP contribution is 2.19. The number of hydrogen-bond acceptors (Lipinski definition) is 3. The lowest BCUT2D eigenvalue weighted by molar-refractivity contribution is -0.148. The van der Waals surface area contributed by atoms with E-state index in [0.717, 1.165) is 5.39 Å². The number of aromatic nitrogens is 1. The minimum absolute atomic E-state index is 0.0794. The van der Waals surface area contributed by atoms with Crippen LogP contribution in [0.25, 0.3) is 10.9 Å². The molecule has 6 heteroatoms. The van der Waals surface area contributed by atoms with Crippen molar-refractivity contribution in [2.24, 2.45) is 0 Å². The number of para-hydroxylation sites is 1. The van der Waals surface area contributed by atoms with Crippen molar-refractivity contribution in [3.8, 4) is 0 Å². The van der Waals surface area contributed by atoms with Gasteiger partial charge in [-0.05, 0) is 30.4 Å². The number of carboxylic acid groups (broad SMARTS) is 1. The first-order valence-corrected chi connectivity index (χ1v) is 7.19. The molecule has 22 heavy (non-hydrogen) atoms. The molecule has 0 saturated carbocycles. The van der Waals surface area contributed by atoms with Gasteiger partial charge in [0.25, 0.3) is 5.56 Å². The van der Waals surface area contributed by atoms with Crippen LogP contribution in [0.2, 0.25) is 0 Å². The molecular formula is C16H16N2O4. The zero-order valence-electron chi connectivity index (χ0n) is 11.9. The van der Waals surface area contributed by atoms with Gasteiger partial charge in [0.1, 0.15) is 6.04 Å². The molecule has 1 amide bonds. The number of rotatable bonds is 3. The van der Waals surface area contributed by atoms with E-state index in [-0.39, 0.29) is 17.9 Å². The fourth-order valence-corrected chi connectivity index (χ4v) is 2.91. The summed E-state index contributed by atoms with van der Waals surface area (Å²) in [7, 11) is 0. The Morgan fingerprint density at radius 3 is 2.86 bits per heavy atom. The Morgan fingerprint density at radius 1 is 1.32 bits per heavy atom. The smallest absolute Gasteiger partial charge is 0.326 e. The number of carbonyl (C=O) groups is 2. The number of likely N-dealkylation sites (tertiary alicyclic amines) is 1. The minimum Gasteiger partial charge on any atom is -0.480 e. The highest BCUT2D eigenvalue weighted by molar-refractivity contribution is 5.86. The zero-order chi connectivity index (χ0) is 15.7. The lowest BCUT2D eigenvalue weighted by atomic mass is 10.1. The molecule has 0 aliphatic carbocycles. The average Bonchev–Trinajstić information content (AvgIpc) is 2.97. The van der Waals surface area contributed by atoms with Gasteiger partial charge in [0.2, 0.25) is 5.91 Å². The van der Waals surface area contributed by atoms with Crippen LogP contribution in [0.5, 0.6) is 0 Å². The van der Waals surface area contributed by atoms with Gasteiger partial charge in [0.15, 0.2) is 0 Å². The molecule has 0 unspecified atom stereocenters. The van der Waals surface area contributed by atoms with Crippen LogP contribution < -0.4 is 5.56 Å². The van der Waals surface area contributed by atoms with E-state index in [1.54, 1.807) is 12.1 Å². The molecule has 1 aliphatic rings. The Labute approximate surface area is 126 Å². The van der Waals surface area contributed by atoms with Crippen molar-refractivity contribution in [2.75, 3.05) is 6.54 Å². The third-order valence-electron chi connectivity index (χ3n) is 4.03. The number of fused-ring (bicyclic) bond motifs is 1. The van der Waals surface area contributed by atoms with Crippen LogP contribution in [0.1, 0.15) is 18.4 Å². The second-order valence-electron chi connectivity index (χ2n) is 5.47. The monoisotopic (exact) mass is 300 g/mol. The summed E-state index contributed by atoms with van der Waals surface area (Å²) in [5, 5.41) is 9.98. The van der Waals surface area contributed by atoms with E-state index in [2.05, 4.69) is 4.98 Å². The number of hydrogen-bond donors (Lipinski definition) is 2. The normalized spacial score (nSPS) is 17.8. The Kier molecular flexibility index (Phi) is 3.66. The lowest BCUT2D eigenvalue weighted by Crippen LogP contribution is -2.41. The number of nitrogens with one attached hydrogen (secondary N) is 1. The standard InChI is InChI=1S/C16H16N2O4/c19-14(18-7-3-6-13(18)16(21)22)9-11-8-10-4-1-2-5-12(10)17-15(11)20/h1-2,4-5,8,13H,3,6-7,9H2,(H,17,20)(H,21,22)/t13-/m1/s1. The van der Waals surface area contributed by atoms with E-state index in [0.29, 0.717) is 30.5 Å². The van der Waals surface area contributed by atoms with Crippen LogP contribution in [0.4, 0.5) is 0 Å². The first kappa shape index (κ1) is 14.3. The summed E-state index contributed by atoms with van der Waals surface area (Å²) in [4.78, 5) is 39.6. The van der Waals surface area contributed by atoms with Crippen LogP contribution in [0.15, 0.2) is 35.1 Å². The summed E-state index contributed by atoms with van der Waals surface area (Å²) in [6.07, 6.45) is 1.07. The Hall–Kier alpha value is -2.63. The van der Waals surface area contributed by atoms with Crippen molar-refractivity contribution in [1.82, 2.24) is 9.88 Å². The van der Waals surface area contributed by atoms with Crippen molar-refractivity contribution < 1.29 is 14.7 Å². The molecule has 0 radical (unpaired) electrons. The summed E-state index contributed by atoms with van der Waals surface area (Å²) in [5.74, 6) is -1.30. The van der Waals surface area contributed by atoms with Gasteiger partial charge in [-0.2, -0.15) is 0 Å². The summed E-state index contributed by atoms with van der Waals surface area (Å²) < 4.78 is 0. The number of pyridine rings is 1. The van der Waals surface area contributed by atoms with E-state index in [1.807, 2.05) is 18.2 Å². The number of H-pyrrole nitrogens is 1. The van der Waals surface area contributed by atoms with Crippen LogP contribution in [-0.4, -0.2) is 39.5 Å². The van der Waals surface area contributed by atoms with Gasteiger partial charge in [-0.1, -0.05) is 18.2 Å². The van der Waals surface area contributed by atoms with E-state index < -0.39 is 12.0 Å². The molecule has 2 aromatic rings. The maximum absolute atomic E-state index is 12.3. The average molecular weight is 300 g/mol. The molecule has 0 spiro atoms. The number of amides is 1. The van der Waals surface area contributed by atoms with Gasteiger partial charge >= 0.3 is 5.97 Å². The quantitative estimate of drug-likeness (QED) is 0.889. The fourth-order valence-electron chi connectivity index (χ4n) is 2.91. The van der Waals surface area contributed by atoms with Gasteiger partial charge in [-0.25, -0.2) is 4.79 Å². The maximum atomic E-state index is 12.3. The molecule has 1 atom stereocenters. The van der Waals surface area contributed by atoms with E-state index >= 15 is 0 Å². The minimum atomic E-state index is -0.988. The fraction of sp³-hybridized carbons (Fsp3) is 0.312. The topological polar surface area (TPSA) is 90.5 Å². The molecule has 1 saturated heterocycles. The zero-order valence-corrected chi connectivity index (χ0v) is 11.9. The van der Waals surface area contributed by atoms with Gasteiger partial charge in [0.05, 0.1) is 6.42 Å². The molecule has 1 aliphatic heterocycles. The van der Waals surface area contributed by atoms with Crippen molar-refractivity contribution in [1.29, 1.82) is 0 Å². The Bertz CT molecular complexity index is 796. The van der Waals surface area contributed by atoms with E-state index in [1.165, 1.54) is 4.90 Å². The van der Waals surface area contributed by atoms with Gasteiger partial charge in [-0.15, -0.1) is 0 Å². The third-order valence-corrected chi connectivity index (χ3v) is 4.03. The van der Waals surface area contributed by atoms with Crippen molar-refractivity contribution in [3.05, 3.63) is 46.2 Å². The SMILES string of the molecule is O=C(O)[C@H]1CCCN1C(=O)Cc1cc2ccccc2[nH]c1=O. The molecule has 6 nitrogen and oxygen atoms in total. The molecule has 1 aromatic carbocycles. The molecule has 2 N–H and O–H groups in total. The molecule has 3 rings (SSSR count). The summed E-state index contributed by atoms with van der Waals surface area (Å²) in [5.41, 5.74) is 0.770. The molecule has 1 fully saturated rings.